The van der Waals surface area contributed by atoms with Gasteiger partial charge in [0.1, 0.15) is 11.5 Å². The summed E-state index contributed by atoms with van der Waals surface area (Å²) in [4.78, 5) is 3.95. The highest BCUT2D eigenvalue weighted by Crippen LogP contribution is 2.29. The lowest BCUT2D eigenvalue weighted by molar-refractivity contribution is 0.240. The molecule has 0 bridgehead atoms. The molecule has 1 unspecified atom stereocenters. The van der Waals surface area contributed by atoms with Crippen LogP contribution < -0.4 is 0 Å². The molecule has 0 saturated carbocycles. The molecule has 1 aromatic rings. The van der Waals surface area contributed by atoms with Crippen LogP contribution in [0.25, 0.3) is 0 Å². The standard InChI is InChI=1S/C11H19NO2/c1-8(11(2,3)4)5-10-9(6-13)12-7-14-10/h7-8,13H,5-6H2,1-4H3. The second kappa shape index (κ2) is 4.13. The van der Waals surface area contributed by atoms with Crippen molar-refractivity contribution in [2.24, 2.45) is 11.3 Å². The van der Waals surface area contributed by atoms with Crippen LogP contribution in [0.15, 0.2) is 10.8 Å². The quantitative estimate of drug-likeness (QED) is 0.809. The molecule has 80 valence electrons. The summed E-state index contributed by atoms with van der Waals surface area (Å²) in [5.74, 6) is 1.32. The fourth-order valence-electron chi connectivity index (χ4n) is 1.17. The van der Waals surface area contributed by atoms with Crippen molar-refractivity contribution in [3.8, 4) is 0 Å². The van der Waals surface area contributed by atoms with Gasteiger partial charge in [0.2, 0.25) is 0 Å². The number of hydrogen-bond acceptors (Lipinski definition) is 3. The molecule has 3 nitrogen and oxygen atoms in total. The fourth-order valence-corrected chi connectivity index (χ4v) is 1.17. The summed E-state index contributed by atoms with van der Waals surface area (Å²) in [7, 11) is 0. The van der Waals surface area contributed by atoms with Crippen molar-refractivity contribution >= 4 is 0 Å². The number of rotatable bonds is 3. The van der Waals surface area contributed by atoms with Crippen molar-refractivity contribution in [3.05, 3.63) is 17.8 Å². The lowest BCUT2D eigenvalue weighted by atomic mass is 9.79. The van der Waals surface area contributed by atoms with Crippen LogP contribution in [0, 0.1) is 11.3 Å². The van der Waals surface area contributed by atoms with E-state index >= 15 is 0 Å². The van der Waals surface area contributed by atoms with Crippen LogP contribution in [0.4, 0.5) is 0 Å². The van der Waals surface area contributed by atoms with Gasteiger partial charge in [-0.25, -0.2) is 4.98 Å². The lowest BCUT2D eigenvalue weighted by Crippen LogP contribution is -2.19. The minimum absolute atomic E-state index is 0.0390. The Morgan fingerprint density at radius 3 is 2.64 bits per heavy atom. The predicted octanol–water partition coefficient (Wildman–Crippen LogP) is 2.39. The third kappa shape index (κ3) is 2.58. The molecule has 1 rings (SSSR count). The van der Waals surface area contributed by atoms with Gasteiger partial charge in [-0.15, -0.1) is 0 Å². The van der Waals surface area contributed by atoms with Gasteiger partial charge < -0.3 is 9.52 Å². The molecule has 0 radical (unpaired) electrons. The van der Waals surface area contributed by atoms with E-state index in [1.165, 1.54) is 6.39 Å². The first kappa shape index (κ1) is 11.2. The predicted molar refractivity (Wildman–Crippen MR) is 54.7 cm³/mol. The van der Waals surface area contributed by atoms with E-state index in [2.05, 4.69) is 32.7 Å². The zero-order valence-electron chi connectivity index (χ0n) is 9.37. The van der Waals surface area contributed by atoms with Gasteiger partial charge in [0.15, 0.2) is 6.39 Å². The Balaban J connectivity index is 2.69. The largest absolute Gasteiger partial charge is 0.448 e. The maximum absolute atomic E-state index is 9.00. The van der Waals surface area contributed by atoms with Crippen LogP contribution in [0.1, 0.15) is 39.1 Å². The molecular formula is C11H19NO2. The molecule has 1 heterocycles. The van der Waals surface area contributed by atoms with Crippen LogP contribution in [-0.2, 0) is 13.0 Å². The number of aliphatic hydroxyl groups is 1. The molecule has 0 fully saturated rings. The van der Waals surface area contributed by atoms with Crippen molar-refractivity contribution in [2.45, 2.75) is 40.7 Å². The second-order valence-electron chi connectivity index (χ2n) is 4.85. The van der Waals surface area contributed by atoms with Gasteiger partial charge in [-0.2, -0.15) is 0 Å². The number of hydrogen-bond donors (Lipinski definition) is 1. The Bertz CT molecular complexity index is 286. The maximum Gasteiger partial charge on any atom is 0.181 e. The van der Waals surface area contributed by atoms with Crippen molar-refractivity contribution in [3.63, 3.8) is 0 Å². The second-order valence-corrected chi connectivity index (χ2v) is 4.85. The molecule has 0 aromatic carbocycles. The Labute approximate surface area is 85.2 Å². The highest BCUT2D eigenvalue weighted by molar-refractivity contribution is 5.07. The summed E-state index contributed by atoms with van der Waals surface area (Å²) >= 11 is 0. The molecular weight excluding hydrogens is 178 g/mol. The molecule has 3 heteroatoms. The Morgan fingerprint density at radius 1 is 1.50 bits per heavy atom. The van der Waals surface area contributed by atoms with Gasteiger partial charge in [-0.1, -0.05) is 27.7 Å². The third-order valence-electron chi connectivity index (χ3n) is 2.85. The van der Waals surface area contributed by atoms with E-state index in [0.29, 0.717) is 11.6 Å². The Kier molecular flexibility index (Phi) is 3.32. The van der Waals surface area contributed by atoms with E-state index in [0.717, 1.165) is 12.2 Å². The topological polar surface area (TPSA) is 46.3 Å². The average Bonchev–Trinajstić information content (AvgIpc) is 2.50. The van der Waals surface area contributed by atoms with Crippen LogP contribution >= 0.6 is 0 Å². The smallest absolute Gasteiger partial charge is 0.181 e. The summed E-state index contributed by atoms with van der Waals surface area (Å²) in [6, 6.07) is 0. The molecule has 1 atom stereocenters. The third-order valence-corrected chi connectivity index (χ3v) is 2.85. The van der Waals surface area contributed by atoms with E-state index in [1.54, 1.807) is 0 Å². The number of aromatic nitrogens is 1. The van der Waals surface area contributed by atoms with Crippen molar-refractivity contribution in [1.82, 2.24) is 4.98 Å². The monoisotopic (exact) mass is 197 g/mol. The molecule has 0 spiro atoms. The molecule has 0 saturated heterocycles. The van der Waals surface area contributed by atoms with Crippen molar-refractivity contribution in [2.75, 3.05) is 0 Å². The molecule has 0 aliphatic rings. The minimum atomic E-state index is -0.0390. The summed E-state index contributed by atoms with van der Waals surface area (Å²) in [5.41, 5.74) is 0.917. The van der Waals surface area contributed by atoms with Crippen molar-refractivity contribution < 1.29 is 9.52 Å². The number of nitrogens with zero attached hydrogens (tertiary/aromatic N) is 1. The highest BCUT2D eigenvalue weighted by atomic mass is 16.3. The molecule has 1 aromatic heterocycles. The zero-order valence-corrected chi connectivity index (χ0v) is 9.37. The first-order valence-corrected chi connectivity index (χ1v) is 4.97. The summed E-state index contributed by atoms with van der Waals surface area (Å²) in [6.07, 6.45) is 2.23. The fraction of sp³-hybridized carbons (Fsp3) is 0.727. The van der Waals surface area contributed by atoms with Gasteiger partial charge in [-0.3, -0.25) is 0 Å². The van der Waals surface area contributed by atoms with Crippen LogP contribution in [0.3, 0.4) is 0 Å². The first-order valence-electron chi connectivity index (χ1n) is 4.97. The SMILES string of the molecule is CC(Cc1ocnc1CO)C(C)(C)C. The van der Waals surface area contributed by atoms with Crippen molar-refractivity contribution in [1.29, 1.82) is 0 Å². The van der Waals surface area contributed by atoms with Gasteiger partial charge >= 0.3 is 0 Å². The van der Waals surface area contributed by atoms with Gasteiger partial charge in [0, 0.05) is 6.42 Å². The maximum atomic E-state index is 9.00. The van der Waals surface area contributed by atoms with Gasteiger partial charge in [0.05, 0.1) is 6.61 Å². The summed E-state index contributed by atoms with van der Waals surface area (Å²) < 4.78 is 5.25. The Hall–Kier alpha value is -0.830. The molecule has 1 N–H and O–H groups in total. The lowest BCUT2D eigenvalue weighted by Gasteiger charge is -2.26. The average molecular weight is 197 g/mol. The van der Waals surface area contributed by atoms with E-state index in [9.17, 15) is 0 Å². The van der Waals surface area contributed by atoms with E-state index < -0.39 is 0 Å². The normalized spacial score (nSPS) is 14.4. The number of oxazole rings is 1. The van der Waals surface area contributed by atoms with E-state index in [1.807, 2.05) is 0 Å². The highest BCUT2D eigenvalue weighted by Gasteiger charge is 2.22. The van der Waals surface area contributed by atoms with Crippen LogP contribution in [0.2, 0.25) is 0 Å². The molecule has 14 heavy (non-hydrogen) atoms. The molecule has 0 aliphatic heterocycles. The van der Waals surface area contributed by atoms with Crippen LogP contribution in [-0.4, -0.2) is 10.1 Å². The summed E-state index contributed by atoms with van der Waals surface area (Å²) in [5, 5.41) is 9.00. The van der Waals surface area contributed by atoms with E-state index in [4.69, 9.17) is 9.52 Å². The van der Waals surface area contributed by atoms with Crippen LogP contribution in [0.5, 0.6) is 0 Å². The van der Waals surface area contributed by atoms with E-state index in [-0.39, 0.29) is 12.0 Å². The molecule has 0 amide bonds. The number of aliphatic hydroxyl groups excluding tert-OH is 1. The zero-order chi connectivity index (χ0) is 10.8. The minimum Gasteiger partial charge on any atom is -0.448 e. The first-order chi connectivity index (χ1) is 6.45. The van der Waals surface area contributed by atoms with Gasteiger partial charge in [-0.05, 0) is 11.3 Å². The summed E-state index contributed by atoms with van der Waals surface area (Å²) in [6.45, 7) is 8.75. The molecule has 0 aliphatic carbocycles. The Morgan fingerprint density at radius 2 is 2.14 bits per heavy atom. The van der Waals surface area contributed by atoms with Gasteiger partial charge in [0.25, 0.3) is 0 Å².